The molecule has 8 nitrogen and oxygen atoms in total. The molecule has 8 heteroatoms. The molecule has 1 aliphatic heterocycles. The Kier molecular flexibility index (Phi) is 7.97. The van der Waals surface area contributed by atoms with E-state index in [9.17, 15) is 9.59 Å². The van der Waals surface area contributed by atoms with E-state index >= 15 is 0 Å². The summed E-state index contributed by atoms with van der Waals surface area (Å²) in [5, 5.41) is 9.12. The van der Waals surface area contributed by atoms with Crippen molar-refractivity contribution in [3.63, 3.8) is 0 Å². The van der Waals surface area contributed by atoms with Gasteiger partial charge < -0.3 is 14.8 Å². The number of ether oxygens (including phenoxy) is 2. The Balaban J connectivity index is 1.23. The molecule has 38 heavy (non-hydrogen) atoms. The fraction of sp³-hybridized carbons (Fsp3) is 0.333. The van der Waals surface area contributed by atoms with Crippen LogP contribution >= 0.6 is 0 Å². The second-order valence-corrected chi connectivity index (χ2v) is 9.63. The maximum absolute atomic E-state index is 13.1. The van der Waals surface area contributed by atoms with Crippen LogP contribution in [0.15, 0.2) is 72.1 Å². The number of anilines is 1. The Morgan fingerprint density at radius 2 is 1.84 bits per heavy atom. The second-order valence-electron chi connectivity index (χ2n) is 9.63. The summed E-state index contributed by atoms with van der Waals surface area (Å²) in [6, 6.07) is 16.6. The third-order valence-electron chi connectivity index (χ3n) is 6.90. The maximum atomic E-state index is 13.1. The van der Waals surface area contributed by atoms with Crippen molar-refractivity contribution in [2.45, 2.75) is 51.0 Å². The number of nitrogens with one attached hydrogen (secondary N) is 1. The highest BCUT2D eigenvalue weighted by Gasteiger charge is 2.22. The van der Waals surface area contributed by atoms with Gasteiger partial charge in [0.1, 0.15) is 0 Å². The Morgan fingerprint density at radius 3 is 2.58 bits per heavy atom. The summed E-state index contributed by atoms with van der Waals surface area (Å²) in [7, 11) is 1.65. The summed E-state index contributed by atoms with van der Waals surface area (Å²) in [6.07, 6.45) is 9.75. The molecule has 196 valence electrons. The van der Waals surface area contributed by atoms with Crippen LogP contribution in [0.1, 0.15) is 60.0 Å². The summed E-state index contributed by atoms with van der Waals surface area (Å²) < 4.78 is 11.8. The number of carbonyl (C=O) groups excluding carboxylic acids is 2. The largest absolute Gasteiger partial charge is 0.493 e. The monoisotopic (exact) mass is 512 g/mol. The van der Waals surface area contributed by atoms with Crippen LogP contribution in [0.4, 0.5) is 5.69 Å². The van der Waals surface area contributed by atoms with Gasteiger partial charge >= 0.3 is 0 Å². The fourth-order valence-corrected chi connectivity index (χ4v) is 4.83. The van der Waals surface area contributed by atoms with E-state index in [4.69, 9.17) is 14.6 Å². The quantitative estimate of drug-likeness (QED) is 0.446. The van der Waals surface area contributed by atoms with Gasteiger partial charge in [0.2, 0.25) is 5.91 Å². The summed E-state index contributed by atoms with van der Waals surface area (Å²) >= 11 is 0. The van der Waals surface area contributed by atoms with Crippen molar-refractivity contribution in [3.8, 4) is 11.5 Å². The number of amides is 2. The van der Waals surface area contributed by atoms with Gasteiger partial charge in [0.05, 0.1) is 30.9 Å². The molecule has 1 N–H and O–H groups in total. The Hall–Kier alpha value is -4.20. The van der Waals surface area contributed by atoms with Gasteiger partial charge in [-0.2, -0.15) is 5.10 Å². The van der Waals surface area contributed by atoms with Crippen molar-refractivity contribution in [1.29, 1.82) is 0 Å². The third-order valence-corrected chi connectivity index (χ3v) is 6.90. The topological polar surface area (TPSA) is 93.1 Å². The van der Waals surface area contributed by atoms with E-state index in [1.165, 1.54) is 19.0 Å². The molecular weight excluding hydrogens is 480 g/mol. The predicted molar refractivity (Wildman–Crippen MR) is 146 cm³/mol. The van der Waals surface area contributed by atoms with E-state index in [-0.39, 0.29) is 24.3 Å². The lowest BCUT2D eigenvalue weighted by Crippen LogP contribution is -2.33. The number of rotatable bonds is 8. The molecule has 2 aromatic carbocycles. The van der Waals surface area contributed by atoms with Gasteiger partial charge in [-0.3, -0.25) is 14.6 Å². The highest BCUT2D eigenvalue weighted by molar-refractivity contribution is 6.04. The van der Waals surface area contributed by atoms with E-state index in [1.54, 1.807) is 42.6 Å². The van der Waals surface area contributed by atoms with Gasteiger partial charge in [-0.15, -0.1) is 0 Å². The first-order valence-corrected chi connectivity index (χ1v) is 13.1. The van der Waals surface area contributed by atoms with Gasteiger partial charge in [0, 0.05) is 30.2 Å². The number of nitrogens with zero attached hydrogens (tertiary/aromatic N) is 3. The molecule has 1 aromatic heterocycles. The Morgan fingerprint density at radius 1 is 1.03 bits per heavy atom. The molecule has 1 saturated carbocycles. The number of carbonyl (C=O) groups is 2. The van der Waals surface area contributed by atoms with Crippen LogP contribution in [0, 0.1) is 0 Å². The Bertz CT molecular complexity index is 1300. The van der Waals surface area contributed by atoms with Crippen LogP contribution in [0.3, 0.4) is 0 Å². The van der Waals surface area contributed by atoms with E-state index < -0.39 is 0 Å². The van der Waals surface area contributed by atoms with Crippen molar-refractivity contribution >= 4 is 23.2 Å². The highest BCUT2D eigenvalue weighted by atomic mass is 16.5. The van der Waals surface area contributed by atoms with Crippen LogP contribution in [0.25, 0.3) is 0 Å². The minimum absolute atomic E-state index is 0.0645. The minimum Gasteiger partial charge on any atom is -0.493 e. The summed E-state index contributed by atoms with van der Waals surface area (Å²) in [4.78, 5) is 29.4. The lowest BCUT2D eigenvalue weighted by atomic mass is 10.0. The van der Waals surface area contributed by atoms with Gasteiger partial charge in [-0.25, -0.2) is 5.01 Å². The summed E-state index contributed by atoms with van der Waals surface area (Å²) in [5.74, 6) is 1.15. The van der Waals surface area contributed by atoms with Crippen molar-refractivity contribution in [3.05, 3.63) is 83.7 Å². The van der Waals surface area contributed by atoms with E-state index in [1.807, 2.05) is 30.3 Å². The Labute approximate surface area is 222 Å². The first-order valence-electron chi connectivity index (χ1n) is 13.1. The summed E-state index contributed by atoms with van der Waals surface area (Å²) in [5.41, 5.74) is 3.82. The SMILES string of the molecule is COc1ccc(C2=NN(C(=O)Cc3ccc(NC(=O)c4cccnc4)cc3)CCC2)cc1OC1CCCC1. The standard InChI is InChI=1S/C30H32N4O4/c1-37-27-15-12-22(19-28(27)38-25-7-2-3-8-25)26-9-5-17-34(33-26)29(35)18-21-10-13-24(14-11-21)32-30(36)23-6-4-16-31-20-23/h4,6,10-16,19-20,25H,2-3,5,7-9,17-18H2,1H3,(H,32,36). The normalized spacial score (nSPS) is 15.6. The molecule has 1 fully saturated rings. The molecule has 5 rings (SSSR count). The molecule has 3 aromatic rings. The average molecular weight is 513 g/mol. The van der Waals surface area contributed by atoms with E-state index in [0.29, 0.717) is 23.5 Å². The molecule has 2 amide bonds. The third kappa shape index (κ3) is 6.19. The second kappa shape index (κ2) is 11.9. The molecule has 0 bridgehead atoms. The van der Waals surface area contributed by atoms with E-state index in [0.717, 1.165) is 48.3 Å². The van der Waals surface area contributed by atoms with Gasteiger partial charge in [0.25, 0.3) is 5.91 Å². The first kappa shape index (κ1) is 25.4. The minimum atomic E-state index is -0.229. The molecule has 2 aliphatic rings. The number of aromatic nitrogens is 1. The van der Waals surface area contributed by atoms with Crippen molar-refractivity contribution in [2.24, 2.45) is 5.10 Å². The number of benzene rings is 2. The molecule has 2 heterocycles. The molecule has 0 unspecified atom stereocenters. The smallest absolute Gasteiger partial charge is 0.257 e. The molecule has 0 radical (unpaired) electrons. The number of pyridine rings is 1. The van der Waals surface area contributed by atoms with Crippen LogP contribution in [0.5, 0.6) is 11.5 Å². The zero-order valence-corrected chi connectivity index (χ0v) is 21.6. The molecule has 0 atom stereocenters. The van der Waals surface area contributed by atoms with E-state index in [2.05, 4.69) is 10.3 Å². The lowest BCUT2D eigenvalue weighted by molar-refractivity contribution is -0.130. The fourth-order valence-electron chi connectivity index (χ4n) is 4.83. The van der Waals surface area contributed by atoms with Crippen LogP contribution in [-0.4, -0.2) is 47.3 Å². The average Bonchev–Trinajstić information content (AvgIpc) is 3.48. The molecule has 0 spiro atoms. The zero-order valence-electron chi connectivity index (χ0n) is 21.6. The first-order chi connectivity index (χ1) is 18.6. The molecule has 1 aliphatic carbocycles. The van der Waals surface area contributed by atoms with Crippen LogP contribution < -0.4 is 14.8 Å². The molecular formula is C30H32N4O4. The summed E-state index contributed by atoms with van der Waals surface area (Å²) in [6.45, 7) is 0.586. The number of hydrazone groups is 1. The maximum Gasteiger partial charge on any atom is 0.257 e. The highest BCUT2D eigenvalue weighted by Crippen LogP contribution is 2.33. The van der Waals surface area contributed by atoms with Crippen LogP contribution in [0.2, 0.25) is 0 Å². The number of methoxy groups -OCH3 is 1. The zero-order chi connectivity index (χ0) is 26.3. The number of hydrogen-bond acceptors (Lipinski definition) is 6. The lowest BCUT2D eigenvalue weighted by Gasteiger charge is -2.24. The van der Waals surface area contributed by atoms with Crippen molar-refractivity contribution in [1.82, 2.24) is 9.99 Å². The van der Waals surface area contributed by atoms with Crippen LogP contribution in [-0.2, 0) is 11.2 Å². The number of hydrogen-bond donors (Lipinski definition) is 1. The van der Waals surface area contributed by atoms with Gasteiger partial charge in [-0.05, 0) is 86.6 Å². The van der Waals surface area contributed by atoms with Crippen molar-refractivity contribution < 1.29 is 19.1 Å². The predicted octanol–water partition coefficient (Wildman–Crippen LogP) is 5.23. The van der Waals surface area contributed by atoms with Crippen molar-refractivity contribution in [2.75, 3.05) is 19.0 Å². The van der Waals surface area contributed by atoms with Gasteiger partial charge in [0.15, 0.2) is 11.5 Å². The molecule has 0 saturated heterocycles. The van der Waals surface area contributed by atoms with Gasteiger partial charge in [-0.1, -0.05) is 12.1 Å².